The van der Waals surface area contributed by atoms with Gasteiger partial charge in [-0.05, 0) is 76.7 Å². The van der Waals surface area contributed by atoms with E-state index in [1.165, 1.54) is 31.2 Å². The summed E-state index contributed by atoms with van der Waals surface area (Å²) < 4.78 is 0. The van der Waals surface area contributed by atoms with Crippen LogP contribution in [0.4, 0.5) is 0 Å². The molecule has 0 spiro atoms. The molecule has 2 aromatic rings. The first kappa shape index (κ1) is 33.8. The molecule has 254 valence electrons. The topological polar surface area (TPSA) is 158 Å². The molecule has 6 N–H and O–H groups in total. The third-order valence-corrected chi connectivity index (χ3v) is 12.7. The largest absolute Gasteiger partial charge is 0.507 e. The van der Waals surface area contributed by atoms with Crippen LogP contribution in [-0.2, 0) is 22.4 Å². The van der Waals surface area contributed by atoms with Crippen molar-refractivity contribution in [1.82, 2.24) is 0 Å². The van der Waals surface area contributed by atoms with E-state index in [4.69, 9.17) is 5.73 Å². The highest BCUT2D eigenvalue weighted by molar-refractivity contribution is 6.10. The fourth-order valence-electron chi connectivity index (χ4n) is 10.7. The van der Waals surface area contributed by atoms with Crippen molar-refractivity contribution < 1.29 is 34.8 Å². The maximum atomic E-state index is 14.7. The van der Waals surface area contributed by atoms with Crippen LogP contribution in [0, 0.1) is 40.4 Å². The molecule has 4 aliphatic carbocycles. The van der Waals surface area contributed by atoms with Crippen LogP contribution in [0.15, 0.2) is 30.3 Å². The van der Waals surface area contributed by atoms with Gasteiger partial charge in [-0.1, -0.05) is 91.5 Å². The molecular weight excluding hydrogens is 594 g/mol. The Kier molecular flexibility index (Phi) is 8.29. The number of rotatable bonds is 6. The number of primary amides is 1. The first-order valence-electron chi connectivity index (χ1n) is 17.4. The smallest absolute Gasteiger partial charge is 0.230 e. The Morgan fingerprint density at radius 3 is 2.19 bits per heavy atom. The van der Waals surface area contributed by atoms with Crippen LogP contribution in [-0.4, -0.2) is 55.7 Å². The number of Topliss-reactive ketones (excluding diaryl/α,β-unsaturated/α-hetero) is 2. The van der Waals surface area contributed by atoms with Gasteiger partial charge >= 0.3 is 0 Å². The summed E-state index contributed by atoms with van der Waals surface area (Å²) in [5.74, 6) is -6.17. The van der Waals surface area contributed by atoms with E-state index in [1.807, 2.05) is 52.8 Å². The van der Waals surface area contributed by atoms with Crippen LogP contribution < -0.4 is 5.73 Å². The van der Waals surface area contributed by atoms with Crippen molar-refractivity contribution in [2.45, 2.75) is 110 Å². The zero-order valence-corrected chi connectivity index (χ0v) is 28.5. The Balaban J connectivity index is 1.48. The second-order valence-electron chi connectivity index (χ2n) is 16.4. The van der Waals surface area contributed by atoms with Gasteiger partial charge in [-0.15, -0.1) is 0 Å². The Labute approximate surface area is 277 Å². The molecule has 0 saturated heterocycles. The lowest BCUT2D eigenvalue weighted by molar-refractivity contribution is -0.265. The third-order valence-electron chi connectivity index (χ3n) is 12.7. The van der Waals surface area contributed by atoms with Gasteiger partial charge in [0.15, 0.2) is 17.2 Å². The summed E-state index contributed by atoms with van der Waals surface area (Å²) in [4.78, 5) is 41.3. The van der Waals surface area contributed by atoms with E-state index in [0.29, 0.717) is 23.5 Å². The summed E-state index contributed by atoms with van der Waals surface area (Å²) in [6.07, 6.45) is 3.19. The zero-order chi connectivity index (χ0) is 34.4. The highest BCUT2D eigenvalue weighted by Crippen LogP contribution is 2.66. The number of fused-ring (bicyclic) bond motifs is 3. The highest BCUT2D eigenvalue weighted by atomic mass is 16.4. The summed E-state index contributed by atoms with van der Waals surface area (Å²) in [6.45, 7) is 11.3. The van der Waals surface area contributed by atoms with Crippen molar-refractivity contribution in [1.29, 1.82) is 0 Å². The lowest BCUT2D eigenvalue weighted by atomic mass is 9.39. The van der Waals surface area contributed by atoms with Crippen LogP contribution >= 0.6 is 0 Å². The molecule has 0 aromatic heterocycles. The Morgan fingerprint density at radius 1 is 1.02 bits per heavy atom. The third kappa shape index (κ3) is 4.84. The highest BCUT2D eigenvalue weighted by Gasteiger charge is 2.76. The maximum Gasteiger partial charge on any atom is 0.230 e. The van der Waals surface area contributed by atoms with Gasteiger partial charge in [0.2, 0.25) is 5.91 Å². The second kappa shape index (κ2) is 11.5. The number of aliphatic hydroxyl groups is 3. The Bertz CT molecular complexity index is 1610. The molecule has 8 nitrogen and oxygen atoms in total. The average molecular weight is 646 g/mol. The molecule has 8 atom stereocenters. The Morgan fingerprint density at radius 2 is 1.64 bits per heavy atom. The SMILES string of the molecule is CC(C)c1cc(-c2ccc(CC3CCCC3)cc2)c(O)c2c1C[C@]1(C)C[C@]3(C)[C@@H](C(C)C)C(O)[C@@H](C(N)=O)C(=O)[C@]3(O)C(O)[C@H]1C2=O. The summed E-state index contributed by atoms with van der Waals surface area (Å²) >= 11 is 0. The molecule has 4 aliphatic rings. The second-order valence-corrected chi connectivity index (χ2v) is 16.4. The molecule has 2 aromatic carbocycles. The minimum absolute atomic E-state index is 0.0107. The van der Waals surface area contributed by atoms with Crippen LogP contribution in [0.5, 0.6) is 5.75 Å². The van der Waals surface area contributed by atoms with Crippen molar-refractivity contribution in [3.8, 4) is 16.9 Å². The normalized spacial score (nSPS) is 35.6. The number of aromatic hydroxyl groups is 1. The molecule has 47 heavy (non-hydrogen) atoms. The van der Waals surface area contributed by atoms with Gasteiger partial charge in [-0.2, -0.15) is 0 Å². The van der Waals surface area contributed by atoms with Gasteiger partial charge in [0.1, 0.15) is 17.8 Å². The van der Waals surface area contributed by atoms with E-state index in [0.717, 1.165) is 17.5 Å². The number of carbonyl (C=O) groups excluding carboxylic acids is 3. The lowest BCUT2D eigenvalue weighted by Gasteiger charge is -2.66. The number of nitrogens with two attached hydrogens (primary N) is 1. The van der Waals surface area contributed by atoms with E-state index in [1.54, 1.807) is 6.92 Å². The number of hydrogen-bond acceptors (Lipinski definition) is 7. The monoisotopic (exact) mass is 645 g/mol. The fourth-order valence-corrected chi connectivity index (χ4v) is 10.7. The summed E-state index contributed by atoms with van der Waals surface area (Å²) in [6, 6.07) is 10.1. The molecule has 0 aliphatic heterocycles. The fraction of sp³-hybridized carbons (Fsp3) is 0.615. The van der Waals surface area contributed by atoms with Crippen LogP contribution in [0.2, 0.25) is 0 Å². The quantitative estimate of drug-likeness (QED) is 0.274. The van der Waals surface area contributed by atoms with Gasteiger partial charge in [0.05, 0.1) is 17.6 Å². The first-order valence-corrected chi connectivity index (χ1v) is 17.4. The van der Waals surface area contributed by atoms with Crippen molar-refractivity contribution in [3.05, 3.63) is 52.6 Å². The molecule has 3 fully saturated rings. The predicted octanol–water partition coefficient (Wildman–Crippen LogP) is 5.10. The summed E-state index contributed by atoms with van der Waals surface area (Å²) in [5, 5.41) is 47.8. The predicted molar refractivity (Wildman–Crippen MR) is 179 cm³/mol. The number of aliphatic hydroxyl groups excluding tert-OH is 2. The number of benzene rings is 2. The number of ketones is 2. The van der Waals surface area contributed by atoms with E-state index in [-0.39, 0.29) is 29.6 Å². The number of phenolic OH excluding ortho intramolecular Hbond substituents is 1. The van der Waals surface area contributed by atoms with Crippen LogP contribution in [0.1, 0.15) is 107 Å². The van der Waals surface area contributed by atoms with E-state index in [9.17, 15) is 34.8 Å². The minimum Gasteiger partial charge on any atom is -0.507 e. The van der Waals surface area contributed by atoms with Crippen molar-refractivity contribution in [3.63, 3.8) is 0 Å². The van der Waals surface area contributed by atoms with E-state index in [2.05, 4.69) is 12.1 Å². The molecule has 1 amide bonds. The summed E-state index contributed by atoms with van der Waals surface area (Å²) in [7, 11) is 0. The van der Waals surface area contributed by atoms with Gasteiger partial charge < -0.3 is 26.2 Å². The number of carbonyl (C=O) groups is 3. The zero-order valence-electron chi connectivity index (χ0n) is 28.5. The van der Waals surface area contributed by atoms with Crippen LogP contribution in [0.25, 0.3) is 11.1 Å². The lowest BCUT2D eigenvalue weighted by Crippen LogP contribution is -2.79. The number of hydrogen-bond donors (Lipinski definition) is 5. The number of phenols is 1. The molecule has 8 heteroatoms. The molecule has 0 heterocycles. The molecule has 3 saturated carbocycles. The van der Waals surface area contributed by atoms with Gasteiger partial charge in [-0.3, -0.25) is 14.4 Å². The first-order chi connectivity index (χ1) is 22.0. The molecule has 2 unspecified atom stereocenters. The number of amides is 1. The molecule has 6 rings (SSSR count). The standard InChI is InChI=1S/C39H51NO7/c1-19(2)24-16-25(23-13-11-22(12-14-23)15-21-9-7-8-10-21)31(41)27-26(24)17-37(5)18-38(6)29(20(3)4)33(43)28(36(40)46)34(44)39(38,47)35(45)30(37)32(27)42/h11-14,16,19-21,28-30,33,35,41,43,45,47H,7-10,15,17-18H2,1-6H3,(H2,40,46)/t28-,29+,30-,33?,35?,37-,38-,39+/m1/s1. The van der Waals surface area contributed by atoms with Gasteiger partial charge in [0, 0.05) is 11.0 Å². The van der Waals surface area contributed by atoms with Crippen molar-refractivity contribution in [2.24, 2.45) is 46.2 Å². The molecule has 0 bridgehead atoms. The average Bonchev–Trinajstić information content (AvgIpc) is 3.48. The van der Waals surface area contributed by atoms with E-state index < -0.39 is 63.9 Å². The molecule has 0 radical (unpaired) electrons. The van der Waals surface area contributed by atoms with Crippen molar-refractivity contribution >= 4 is 17.5 Å². The molecular formula is C39H51NO7. The summed E-state index contributed by atoms with van der Waals surface area (Å²) in [5.41, 5.74) is 5.05. The van der Waals surface area contributed by atoms with Gasteiger partial charge in [0.25, 0.3) is 0 Å². The van der Waals surface area contributed by atoms with Crippen molar-refractivity contribution in [2.75, 3.05) is 0 Å². The Hall–Kier alpha value is -3.07. The maximum absolute atomic E-state index is 14.7. The van der Waals surface area contributed by atoms with Crippen LogP contribution in [0.3, 0.4) is 0 Å². The minimum atomic E-state index is -2.53. The van der Waals surface area contributed by atoms with Gasteiger partial charge in [-0.25, -0.2) is 0 Å². The van der Waals surface area contributed by atoms with E-state index >= 15 is 0 Å².